The van der Waals surface area contributed by atoms with E-state index in [4.69, 9.17) is 0 Å². The van der Waals surface area contributed by atoms with E-state index in [1.807, 2.05) is 13.0 Å². The van der Waals surface area contributed by atoms with Crippen LogP contribution in [0, 0.1) is 0 Å². The number of hydrazone groups is 1. The van der Waals surface area contributed by atoms with E-state index in [0.29, 0.717) is 6.54 Å². The molecule has 0 spiro atoms. The third kappa shape index (κ3) is 4.19. The van der Waals surface area contributed by atoms with Crippen LogP contribution in [0.15, 0.2) is 33.9 Å². The van der Waals surface area contributed by atoms with Gasteiger partial charge in [-0.2, -0.15) is 5.10 Å². The van der Waals surface area contributed by atoms with Crippen molar-refractivity contribution >= 4 is 12.4 Å². The van der Waals surface area contributed by atoms with E-state index >= 15 is 0 Å². The van der Waals surface area contributed by atoms with Gasteiger partial charge in [-0.3, -0.25) is 0 Å². The molecule has 2 rings (SSSR count). The number of aliphatic hydroxyl groups is 1. The summed E-state index contributed by atoms with van der Waals surface area (Å²) in [5, 5.41) is 15.9. The molecule has 5 heteroatoms. The molecule has 0 saturated carbocycles. The van der Waals surface area contributed by atoms with Gasteiger partial charge in [0.05, 0.1) is 6.10 Å². The zero-order valence-electron chi connectivity index (χ0n) is 13.8. The molecule has 1 saturated heterocycles. The maximum Gasteiger partial charge on any atom is 0.151 e. The Kier molecular flexibility index (Phi) is 6.19. The lowest BCUT2D eigenvalue weighted by Crippen LogP contribution is -2.42. The molecule has 0 aromatic rings. The van der Waals surface area contributed by atoms with Crippen molar-refractivity contribution in [2.24, 2.45) is 10.1 Å². The number of aliphatic hydroxyl groups excluding tert-OH is 1. The predicted molar refractivity (Wildman–Crippen MR) is 91.6 cm³/mol. The van der Waals surface area contributed by atoms with Crippen LogP contribution in [-0.2, 0) is 0 Å². The van der Waals surface area contributed by atoms with Crippen molar-refractivity contribution in [3.8, 4) is 0 Å². The molecule has 0 aromatic heterocycles. The Morgan fingerprint density at radius 1 is 1.50 bits per heavy atom. The number of nitrogens with zero attached hydrogens (tertiary/aromatic N) is 4. The van der Waals surface area contributed by atoms with Gasteiger partial charge >= 0.3 is 0 Å². The molecule has 2 aliphatic heterocycles. The molecule has 122 valence electrons. The number of allylic oxidation sites excluding steroid dienone is 2. The lowest BCUT2D eigenvalue weighted by atomic mass is 10.1. The Balaban J connectivity index is 2.15. The highest BCUT2D eigenvalue weighted by atomic mass is 16.3. The first kappa shape index (κ1) is 16.7. The van der Waals surface area contributed by atoms with Crippen LogP contribution in [0.1, 0.15) is 52.4 Å². The quantitative estimate of drug-likeness (QED) is 0.606. The van der Waals surface area contributed by atoms with Crippen molar-refractivity contribution in [3.05, 3.63) is 23.8 Å². The van der Waals surface area contributed by atoms with Gasteiger partial charge in [0.25, 0.3) is 0 Å². The van der Waals surface area contributed by atoms with Crippen LogP contribution in [0.2, 0.25) is 0 Å². The smallest absolute Gasteiger partial charge is 0.151 e. The van der Waals surface area contributed by atoms with Crippen molar-refractivity contribution in [2.75, 3.05) is 13.1 Å². The number of aliphatic imine (C=N–C) groups is 1. The van der Waals surface area contributed by atoms with E-state index in [-0.39, 0.29) is 6.10 Å². The molecular weight excluding hydrogens is 276 g/mol. The van der Waals surface area contributed by atoms with Crippen molar-refractivity contribution < 1.29 is 5.11 Å². The fraction of sp³-hybridized carbons (Fsp3) is 0.647. The Morgan fingerprint density at radius 2 is 2.32 bits per heavy atom. The molecule has 0 radical (unpaired) electrons. The molecule has 1 unspecified atom stereocenters. The first-order chi connectivity index (χ1) is 10.7. The molecule has 0 aliphatic carbocycles. The van der Waals surface area contributed by atoms with Crippen LogP contribution in [-0.4, -0.2) is 46.6 Å². The Morgan fingerprint density at radius 3 is 3.00 bits per heavy atom. The van der Waals surface area contributed by atoms with E-state index < -0.39 is 0 Å². The third-order valence-electron chi connectivity index (χ3n) is 4.06. The normalized spacial score (nSPS) is 24.3. The van der Waals surface area contributed by atoms with Gasteiger partial charge in [-0.25, -0.2) is 10.0 Å². The summed E-state index contributed by atoms with van der Waals surface area (Å²) in [5.74, 6) is 1.82. The Bertz CT molecular complexity index is 481. The molecule has 5 nitrogen and oxygen atoms in total. The highest BCUT2D eigenvalue weighted by molar-refractivity contribution is 5.94. The van der Waals surface area contributed by atoms with Crippen LogP contribution in [0.3, 0.4) is 0 Å². The average Bonchev–Trinajstić information content (AvgIpc) is 2.51. The number of unbranched alkanes of at least 4 members (excludes halogenated alkanes) is 3. The summed E-state index contributed by atoms with van der Waals surface area (Å²) in [6.45, 7) is 9.49. The number of hydrogen-bond donors (Lipinski definition) is 1. The minimum Gasteiger partial charge on any atom is -0.391 e. The molecule has 1 N–H and O–H groups in total. The molecule has 1 fully saturated rings. The molecule has 2 heterocycles. The SMILES string of the molecule is C=NN1C(N2CCCC(O)C2)=CC(C)=N/C1=C/CCCCC. The topological polar surface area (TPSA) is 51.4 Å². The van der Waals surface area contributed by atoms with Gasteiger partial charge in [0, 0.05) is 31.6 Å². The number of β-amino-alcohol motifs (C(OH)–C–C–N with tert-alkyl or cyclic N) is 1. The molecule has 1 atom stereocenters. The van der Waals surface area contributed by atoms with Crippen LogP contribution < -0.4 is 0 Å². The van der Waals surface area contributed by atoms with Crippen LogP contribution in [0.4, 0.5) is 0 Å². The molecule has 0 bridgehead atoms. The molecule has 22 heavy (non-hydrogen) atoms. The largest absolute Gasteiger partial charge is 0.391 e. The lowest BCUT2D eigenvalue weighted by molar-refractivity contribution is 0.0728. The zero-order valence-corrected chi connectivity index (χ0v) is 13.8. The maximum atomic E-state index is 9.92. The number of piperidine rings is 1. The Hall–Kier alpha value is -1.62. The standard InChI is InChI=1S/C17H28N4O/c1-4-5-6-7-10-16-19-14(2)12-17(21(16)18-3)20-11-8-9-15(22)13-20/h10,12,15,22H,3-9,11,13H2,1-2H3/b16-10-. The van der Waals surface area contributed by atoms with Crippen molar-refractivity contribution in [1.29, 1.82) is 0 Å². The lowest BCUT2D eigenvalue weighted by Gasteiger charge is -2.38. The second-order valence-electron chi connectivity index (χ2n) is 6.01. The van der Waals surface area contributed by atoms with E-state index in [0.717, 1.165) is 43.2 Å². The van der Waals surface area contributed by atoms with Gasteiger partial charge in [-0.1, -0.05) is 19.8 Å². The van der Waals surface area contributed by atoms with Crippen molar-refractivity contribution in [3.63, 3.8) is 0 Å². The van der Waals surface area contributed by atoms with E-state index in [2.05, 4.69) is 34.7 Å². The minimum absolute atomic E-state index is 0.266. The van der Waals surface area contributed by atoms with Gasteiger partial charge in [0.2, 0.25) is 0 Å². The average molecular weight is 304 g/mol. The van der Waals surface area contributed by atoms with Crippen molar-refractivity contribution in [2.45, 2.75) is 58.5 Å². The fourth-order valence-corrected chi connectivity index (χ4v) is 2.92. The molecule has 2 aliphatic rings. The highest BCUT2D eigenvalue weighted by Crippen LogP contribution is 2.26. The van der Waals surface area contributed by atoms with E-state index in [1.54, 1.807) is 5.01 Å². The van der Waals surface area contributed by atoms with Gasteiger partial charge in [0.1, 0.15) is 5.82 Å². The van der Waals surface area contributed by atoms with Gasteiger partial charge < -0.3 is 10.0 Å². The number of likely N-dealkylation sites (tertiary alicyclic amines) is 1. The summed E-state index contributed by atoms with van der Waals surface area (Å²) in [6, 6.07) is 0. The first-order valence-corrected chi connectivity index (χ1v) is 8.32. The first-order valence-electron chi connectivity index (χ1n) is 8.32. The van der Waals surface area contributed by atoms with E-state index in [1.165, 1.54) is 19.3 Å². The van der Waals surface area contributed by atoms with E-state index in [9.17, 15) is 5.11 Å². The second kappa shape index (κ2) is 8.13. The predicted octanol–water partition coefficient (Wildman–Crippen LogP) is 3.10. The number of hydrogen-bond acceptors (Lipinski definition) is 5. The zero-order chi connectivity index (χ0) is 15.9. The molecular formula is C17H28N4O. The third-order valence-corrected chi connectivity index (χ3v) is 4.06. The van der Waals surface area contributed by atoms with Crippen molar-refractivity contribution in [1.82, 2.24) is 9.91 Å². The van der Waals surface area contributed by atoms with Gasteiger partial charge in [-0.15, -0.1) is 0 Å². The summed E-state index contributed by atoms with van der Waals surface area (Å²) >= 11 is 0. The molecule has 0 aromatic carbocycles. The fourth-order valence-electron chi connectivity index (χ4n) is 2.92. The van der Waals surface area contributed by atoms with Crippen LogP contribution in [0.25, 0.3) is 0 Å². The van der Waals surface area contributed by atoms with Gasteiger partial charge in [0.15, 0.2) is 5.82 Å². The summed E-state index contributed by atoms with van der Waals surface area (Å²) in [4.78, 5) is 6.78. The Labute approximate surface area is 133 Å². The summed E-state index contributed by atoms with van der Waals surface area (Å²) in [5.41, 5.74) is 0.969. The van der Waals surface area contributed by atoms with Crippen LogP contribution >= 0.6 is 0 Å². The summed E-state index contributed by atoms with van der Waals surface area (Å²) in [6.07, 6.45) is 10.4. The maximum absolute atomic E-state index is 9.92. The second-order valence-corrected chi connectivity index (χ2v) is 6.01. The van der Waals surface area contributed by atoms with Gasteiger partial charge in [-0.05, 0) is 38.7 Å². The molecule has 0 amide bonds. The monoisotopic (exact) mass is 304 g/mol. The van der Waals surface area contributed by atoms with Crippen LogP contribution in [0.5, 0.6) is 0 Å². The number of rotatable bonds is 6. The highest BCUT2D eigenvalue weighted by Gasteiger charge is 2.26. The summed E-state index contributed by atoms with van der Waals surface area (Å²) < 4.78 is 0. The summed E-state index contributed by atoms with van der Waals surface area (Å²) in [7, 11) is 0. The minimum atomic E-state index is -0.266.